The molecule has 0 saturated carbocycles. The number of halogens is 1. The number of hydrogen-bond acceptors (Lipinski definition) is 5. The number of sulfonamides is 1. The van der Waals surface area contributed by atoms with Crippen LogP contribution in [0.25, 0.3) is 0 Å². The number of hydrogen-bond donors (Lipinski definition) is 1. The summed E-state index contributed by atoms with van der Waals surface area (Å²) in [6.45, 7) is 2.98. The minimum Gasteiger partial charge on any atom is -0.486 e. The molecular weight excluding hydrogens is 476 g/mol. The maximum absolute atomic E-state index is 12.8. The number of nitrogens with one attached hydrogen (secondary N) is 1. The van der Waals surface area contributed by atoms with Gasteiger partial charge < -0.3 is 14.8 Å². The number of nitrogens with zero attached hydrogens (tertiary/aromatic N) is 1. The van der Waals surface area contributed by atoms with E-state index < -0.39 is 10.0 Å². The van der Waals surface area contributed by atoms with E-state index in [9.17, 15) is 13.2 Å². The van der Waals surface area contributed by atoms with Crippen LogP contribution < -0.4 is 19.1 Å². The van der Waals surface area contributed by atoms with Crippen LogP contribution >= 0.6 is 11.6 Å². The Balaban J connectivity index is 1.48. The molecule has 0 aliphatic carbocycles. The number of carbonyl (C=O) groups excluding carboxylic acids is 1. The fourth-order valence-corrected chi connectivity index (χ4v) is 4.73. The number of fused-ring (bicyclic) bond motifs is 1. The van der Waals surface area contributed by atoms with Gasteiger partial charge in [0.25, 0.3) is 5.91 Å². The summed E-state index contributed by atoms with van der Waals surface area (Å²) < 4.78 is 37.3. The van der Waals surface area contributed by atoms with Crippen molar-refractivity contribution in [3.8, 4) is 11.5 Å². The molecule has 0 spiro atoms. The number of ether oxygens (including phenoxy) is 2. The molecule has 34 heavy (non-hydrogen) atoms. The van der Waals surface area contributed by atoms with Crippen molar-refractivity contribution >= 4 is 33.2 Å². The summed E-state index contributed by atoms with van der Waals surface area (Å²) in [7, 11) is -3.58. The number of rotatable bonds is 7. The quantitative estimate of drug-likeness (QED) is 0.513. The molecule has 1 N–H and O–H groups in total. The molecule has 1 unspecified atom stereocenters. The van der Waals surface area contributed by atoms with Crippen LogP contribution in [0, 0.1) is 0 Å². The molecule has 4 rings (SSSR count). The predicted octanol–water partition coefficient (Wildman–Crippen LogP) is 4.57. The normalized spacial score (nSPS) is 13.7. The van der Waals surface area contributed by atoms with Crippen LogP contribution in [0.3, 0.4) is 0 Å². The van der Waals surface area contributed by atoms with Gasteiger partial charge in [0, 0.05) is 10.6 Å². The van der Waals surface area contributed by atoms with Gasteiger partial charge in [-0.15, -0.1) is 0 Å². The molecule has 0 radical (unpaired) electrons. The molecule has 1 heterocycles. The summed E-state index contributed by atoms with van der Waals surface area (Å²) >= 11 is 6.22. The van der Waals surface area contributed by atoms with E-state index in [1.807, 2.05) is 25.1 Å². The van der Waals surface area contributed by atoms with Crippen molar-refractivity contribution in [1.82, 2.24) is 5.32 Å². The van der Waals surface area contributed by atoms with Gasteiger partial charge >= 0.3 is 0 Å². The summed E-state index contributed by atoms with van der Waals surface area (Å²) in [6, 6.07) is 18.8. The number of carbonyl (C=O) groups is 1. The van der Waals surface area contributed by atoms with Crippen molar-refractivity contribution in [3.05, 3.63) is 88.4 Å². The average Bonchev–Trinajstić information content (AvgIpc) is 2.82. The molecule has 9 heteroatoms. The molecule has 1 amide bonds. The van der Waals surface area contributed by atoms with Crippen molar-refractivity contribution in [2.24, 2.45) is 0 Å². The smallest absolute Gasteiger partial charge is 0.251 e. The molecule has 1 aliphatic rings. The van der Waals surface area contributed by atoms with Gasteiger partial charge in [-0.05, 0) is 60.5 Å². The molecule has 0 fully saturated rings. The van der Waals surface area contributed by atoms with Crippen molar-refractivity contribution in [2.45, 2.75) is 19.5 Å². The second-order valence-corrected chi connectivity index (χ2v) is 10.3. The molecule has 3 aromatic rings. The van der Waals surface area contributed by atoms with Crippen LogP contribution in [0.2, 0.25) is 5.02 Å². The Morgan fingerprint density at radius 3 is 2.38 bits per heavy atom. The van der Waals surface area contributed by atoms with E-state index in [1.54, 1.807) is 48.5 Å². The van der Waals surface area contributed by atoms with E-state index in [-0.39, 0.29) is 18.5 Å². The van der Waals surface area contributed by atoms with E-state index >= 15 is 0 Å². The van der Waals surface area contributed by atoms with Gasteiger partial charge in [0.2, 0.25) is 10.0 Å². The predicted molar refractivity (Wildman–Crippen MR) is 132 cm³/mol. The summed E-state index contributed by atoms with van der Waals surface area (Å²) in [5.41, 5.74) is 2.43. The topological polar surface area (TPSA) is 84.9 Å². The first-order valence-electron chi connectivity index (χ1n) is 10.7. The highest BCUT2D eigenvalue weighted by Crippen LogP contribution is 2.32. The van der Waals surface area contributed by atoms with Crippen LogP contribution in [0.4, 0.5) is 5.69 Å². The zero-order valence-electron chi connectivity index (χ0n) is 18.8. The summed E-state index contributed by atoms with van der Waals surface area (Å²) in [5, 5.41) is 3.45. The van der Waals surface area contributed by atoms with Crippen LogP contribution in [-0.2, 0) is 16.6 Å². The first-order chi connectivity index (χ1) is 16.2. The lowest BCUT2D eigenvalue weighted by Gasteiger charge is -2.23. The third-order valence-electron chi connectivity index (χ3n) is 5.50. The highest BCUT2D eigenvalue weighted by molar-refractivity contribution is 7.92. The van der Waals surface area contributed by atoms with Gasteiger partial charge in [0.1, 0.15) is 13.2 Å². The van der Waals surface area contributed by atoms with Crippen molar-refractivity contribution < 1.29 is 22.7 Å². The van der Waals surface area contributed by atoms with E-state index in [1.165, 1.54) is 4.31 Å². The molecule has 178 valence electrons. The van der Waals surface area contributed by atoms with Gasteiger partial charge in [-0.1, -0.05) is 35.9 Å². The van der Waals surface area contributed by atoms with E-state index in [0.717, 1.165) is 11.8 Å². The molecule has 0 bridgehead atoms. The Morgan fingerprint density at radius 1 is 1.03 bits per heavy atom. The minimum atomic E-state index is -3.58. The third kappa shape index (κ3) is 5.46. The molecule has 1 aliphatic heterocycles. The molecule has 1 atom stereocenters. The lowest BCUT2D eigenvalue weighted by atomic mass is 10.1. The highest BCUT2D eigenvalue weighted by atomic mass is 35.5. The maximum Gasteiger partial charge on any atom is 0.251 e. The standard InChI is InChI=1S/C25H25ClN2O5S/c1-17(19-9-12-23-24(15-19)33-14-13-32-23)27-25(29)18-7-10-21(11-8-18)28(34(2,30)31)16-20-5-3-4-6-22(20)26/h3-12,15,17H,13-14,16H2,1-2H3,(H,27,29). The Morgan fingerprint density at radius 2 is 1.71 bits per heavy atom. The first-order valence-corrected chi connectivity index (χ1v) is 13.0. The molecule has 0 aromatic heterocycles. The average molecular weight is 501 g/mol. The third-order valence-corrected chi connectivity index (χ3v) is 7.01. The lowest BCUT2D eigenvalue weighted by molar-refractivity contribution is 0.0939. The molecular formula is C25H25ClN2O5S. The largest absolute Gasteiger partial charge is 0.486 e. The van der Waals surface area contributed by atoms with E-state index in [0.29, 0.717) is 46.5 Å². The fraction of sp³-hybridized carbons (Fsp3) is 0.240. The van der Waals surface area contributed by atoms with Gasteiger partial charge in [0.05, 0.1) is 24.5 Å². The van der Waals surface area contributed by atoms with Crippen molar-refractivity contribution in [1.29, 1.82) is 0 Å². The highest BCUT2D eigenvalue weighted by Gasteiger charge is 2.20. The Kier molecular flexibility index (Phi) is 7.00. The van der Waals surface area contributed by atoms with Crippen LogP contribution in [0.15, 0.2) is 66.7 Å². The summed E-state index contributed by atoms with van der Waals surface area (Å²) in [6.07, 6.45) is 1.14. The van der Waals surface area contributed by atoms with Gasteiger partial charge in [0.15, 0.2) is 11.5 Å². The zero-order valence-corrected chi connectivity index (χ0v) is 20.4. The Hall–Kier alpha value is -3.23. The summed E-state index contributed by atoms with van der Waals surface area (Å²) in [5.74, 6) is 1.08. The van der Waals surface area contributed by atoms with Crippen molar-refractivity contribution in [2.75, 3.05) is 23.8 Å². The number of amides is 1. The minimum absolute atomic E-state index is 0.0885. The SMILES string of the molecule is CC(NC(=O)c1ccc(N(Cc2ccccc2Cl)S(C)(=O)=O)cc1)c1ccc2c(c1)OCCO2. The second kappa shape index (κ2) is 9.95. The van der Waals surface area contributed by atoms with Gasteiger partial charge in [-0.2, -0.15) is 0 Å². The molecule has 7 nitrogen and oxygen atoms in total. The van der Waals surface area contributed by atoms with Gasteiger partial charge in [-0.25, -0.2) is 8.42 Å². The van der Waals surface area contributed by atoms with E-state index in [4.69, 9.17) is 21.1 Å². The number of benzene rings is 3. The lowest BCUT2D eigenvalue weighted by Crippen LogP contribution is -2.30. The fourth-order valence-electron chi connectivity index (χ4n) is 3.65. The molecule has 0 saturated heterocycles. The zero-order chi connectivity index (χ0) is 24.3. The van der Waals surface area contributed by atoms with Crippen LogP contribution in [0.1, 0.15) is 34.5 Å². The van der Waals surface area contributed by atoms with Crippen molar-refractivity contribution in [3.63, 3.8) is 0 Å². The monoisotopic (exact) mass is 500 g/mol. The van der Waals surface area contributed by atoms with Crippen LogP contribution in [0.5, 0.6) is 11.5 Å². The number of anilines is 1. The van der Waals surface area contributed by atoms with E-state index in [2.05, 4.69) is 5.32 Å². The molecule has 3 aromatic carbocycles. The Bertz CT molecular complexity index is 1290. The summed E-state index contributed by atoms with van der Waals surface area (Å²) in [4.78, 5) is 12.8. The second-order valence-electron chi connectivity index (χ2n) is 8.01. The van der Waals surface area contributed by atoms with Crippen LogP contribution in [-0.4, -0.2) is 33.8 Å². The maximum atomic E-state index is 12.8. The van der Waals surface area contributed by atoms with Gasteiger partial charge in [-0.3, -0.25) is 9.10 Å². The first kappa shape index (κ1) is 23.9. The Labute approximate surface area is 204 Å².